The lowest BCUT2D eigenvalue weighted by atomic mass is 9.96. The van der Waals surface area contributed by atoms with Gasteiger partial charge in [-0.1, -0.05) is 40.9 Å². The Morgan fingerprint density at radius 1 is 1.43 bits per heavy atom. The second-order valence-corrected chi connectivity index (χ2v) is 6.64. The van der Waals surface area contributed by atoms with E-state index in [0.717, 1.165) is 34.7 Å². The standard InChI is InChI=1S/C16H24BrN3O/c1-2-4-12-5-3-9-20(10-8-12)15-7-6-13(17)11-14(15)16(18)19-21/h6-7,11-12,21H,2-5,8-10H2,1H3,(H2,18,19). The van der Waals surface area contributed by atoms with Crippen LogP contribution in [0.3, 0.4) is 0 Å². The van der Waals surface area contributed by atoms with Crippen molar-refractivity contribution < 1.29 is 5.21 Å². The molecular formula is C16H24BrN3O. The van der Waals surface area contributed by atoms with E-state index in [1.165, 1.54) is 32.1 Å². The van der Waals surface area contributed by atoms with E-state index >= 15 is 0 Å². The van der Waals surface area contributed by atoms with Crippen LogP contribution in [0.15, 0.2) is 27.8 Å². The molecule has 0 bridgehead atoms. The predicted molar refractivity (Wildman–Crippen MR) is 91.1 cm³/mol. The molecule has 1 atom stereocenters. The Morgan fingerprint density at radius 2 is 2.24 bits per heavy atom. The molecule has 1 saturated heterocycles. The Labute approximate surface area is 135 Å². The average molecular weight is 354 g/mol. The van der Waals surface area contributed by atoms with Crippen LogP contribution in [0.2, 0.25) is 0 Å². The predicted octanol–water partition coefficient (Wildman–Crippen LogP) is 3.95. The summed E-state index contributed by atoms with van der Waals surface area (Å²) >= 11 is 3.45. The molecule has 1 aromatic rings. The molecule has 0 spiro atoms. The minimum absolute atomic E-state index is 0.167. The summed E-state index contributed by atoms with van der Waals surface area (Å²) < 4.78 is 0.937. The van der Waals surface area contributed by atoms with E-state index in [2.05, 4.69) is 39.0 Å². The molecule has 0 amide bonds. The maximum Gasteiger partial charge on any atom is 0.172 e. The number of nitrogens with zero attached hydrogens (tertiary/aromatic N) is 2. The highest BCUT2D eigenvalue weighted by atomic mass is 79.9. The molecule has 0 radical (unpaired) electrons. The number of hydrogen-bond donors (Lipinski definition) is 2. The van der Waals surface area contributed by atoms with Crippen molar-refractivity contribution in [3.05, 3.63) is 28.2 Å². The molecule has 116 valence electrons. The molecule has 1 aromatic carbocycles. The molecular weight excluding hydrogens is 330 g/mol. The fourth-order valence-corrected chi connectivity index (χ4v) is 3.51. The number of nitrogens with two attached hydrogens (primary N) is 1. The first-order valence-electron chi connectivity index (χ1n) is 7.68. The van der Waals surface area contributed by atoms with Crippen molar-refractivity contribution in [2.45, 2.75) is 39.0 Å². The van der Waals surface area contributed by atoms with Gasteiger partial charge >= 0.3 is 0 Å². The van der Waals surface area contributed by atoms with Crippen molar-refractivity contribution in [2.24, 2.45) is 16.8 Å². The van der Waals surface area contributed by atoms with Gasteiger partial charge in [0.15, 0.2) is 5.84 Å². The SMILES string of the molecule is CCCC1CCCN(c2ccc(Br)cc2/C(N)=N/O)CC1. The van der Waals surface area contributed by atoms with Crippen molar-refractivity contribution in [3.63, 3.8) is 0 Å². The Kier molecular flexibility index (Phi) is 5.91. The van der Waals surface area contributed by atoms with Crippen molar-refractivity contribution >= 4 is 27.5 Å². The average Bonchev–Trinajstić information content (AvgIpc) is 2.72. The molecule has 3 N–H and O–H groups in total. The summed E-state index contributed by atoms with van der Waals surface area (Å²) in [6.07, 6.45) is 6.31. The van der Waals surface area contributed by atoms with Gasteiger partial charge in [0, 0.05) is 28.8 Å². The van der Waals surface area contributed by atoms with Crippen LogP contribution >= 0.6 is 15.9 Å². The van der Waals surface area contributed by atoms with Crippen LogP contribution in [-0.2, 0) is 0 Å². The highest BCUT2D eigenvalue weighted by Gasteiger charge is 2.19. The van der Waals surface area contributed by atoms with Crippen molar-refractivity contribution in [2.75, 3.05) is 18.0 Å². The molecule has 21 heavy (non-hydrogen) atoms. The van der Waals surface area contributed by atoms with Gasteiger partial charge in [0.1, 0.15) is 0 Å². The molecule has 1 fully saturated rings. The minimum atomic E-state index is 0.167. The molecule has 5 heteroatoms. The van der Waals surface area contributed by atoms with E-state index in [1.54, 1.807) is 0 Å². The van der Waals surface area contributed by atoms with E-state index in [0.29, 0.717) is 0 Å². The fraction of sp³-hybridized carbons (Fsp3) is 0.562. The molecule has 1 heterocycles. The van der Waals surface area contributed by atoms with Gasteiger partial charge in [-0.15, -0.1) is 0 Å². The van der Waals surface area contributed by atoms with Crippen molar-refractivity contribution in [1.82, 2.24) is 0 Å². The summed E-state index contributed by atoms with van der Waals surface area (Å²) in [6, 6.07) is 5.98. The monoisotopic (exact) mass is 353 g/mol. The third-order valence-electron chi connectivity index (χ3n) is 4.23. The number of anilines is 1. The van der Waals surface area contributed by atoms with Crippen LogP contribution in [0, 0.1) is 5.92 Å². The first kappa shape index (κ1) is 16.1. The molecule has 0 aliphatic carbocycles. The lowest BCUT2D eigenvalue weighted by Crippen LogP contribution is -2.27. The largest absolute Gasteiger partial charge is 0.409 e. The van der Waals surface area contributed by atoms with Crippen molar-refractivity contribution in [1.29, 1.82) is 0 Å². The Bertz CT molecular complexity index is 504. The number of amidine groups is 1. The highest BCUT2D eigenvalue weighted by molar-refractivity contribution is 9.10. The summed E-state index contributed by atoms with van der Waals surface area (Å²) in [5.74, 6) is 1.00. The van der Waals surface area contributed by atoms with Gasteiger partial charge in [-0.2, -0.15) is 0 Å². The van der Waals surface area contributed by atoms with Crippen LogP contribution in [0.4, 0.5) is 5.69 Å². The molecule has 1 unspecified atom stereocenters. The number of rotatable bonds is 4. The van der Waals surface area contributed by atoms with Crippen LogP contribution < -0.4 is 10.6 Å². The molecule has 4 nitrogen and oxygen atoms in total. The van der Waals surface area contributed by atoms with Crippen LogP contribution in [0.25, 0.3) is 0 Å². The summed E-state index contributed by atoms with van der Waals surface area (Å²) in [4.78, 5) is 2.37. The van der Waals surface area contributed by atoms with Gasteiger partial charge in [-0.05, 0) is 43.4 Å². The van der Waals surface area contributed by atoms with Gasteiger partial charge in [-0.3, -0.25) is 0 Å². The zero-order valence-electron chi connectivity index (χ0n) is 12.6. The third kappa shape index (κ3) is 4.13. The van der Waals surface area contributed by atoms with Crippen molar-refractivity contribution in [3.8, 4) is 0 Å². The lowest BCUT2D eigenvalue weighted by molar-refractivity contribution is 0.318. The normalized spacial score (nSPS) is 20.4. The maximum absolute atomic E-state index is 9.00. The minimum Gasteiger partial charge on any atom is -0.409 e. The third-order valence-corrected chi connectivity index (χ3v) is 4.72. The smallest absolute Gasteiger partial charge is 0.172 e. The zero-order valence-corrected chi connectivity index (χ0v) is 14.1. The lowest BCUT2D eigenvalue weighted by Gasteiger charge is -2.25. The number of benzene rings is 1. The summed E-state index contributed by atoms with van der Waals surface area (Å²) in [5.41, 5.74) is 7.69. The quantitative estimate of drug-likeness (QED) is 0.372. The number of halogens is 1. The second kappa shape index (κ2) is 7.69. The van der Waals surface area contributed by atoms with E-state index < -0.39 is 0 Å². The molecule has 1 aliphatic rings. The first-order chi connectivity index (χ1) is 10.2. The van der Waals surface area contributed by atoms with Gasteiger partial charge in [0.2, 0.25) is 0 Å². The van der Waals surface area contributed by atoms with Crippen LogP contribution in [-0.4, -0.2) is 24.1 Å². The fourth-order valence-electron chi connectivity index (χ4n) is 3.15. The van der Waals surface area contributed by atoms with Crippen LogP contribution in [0.1, 0.15) is 44.6 Å². The van der Waals surface area contributed by atoms with E-state index in [-0.39, 0.29) is 5.84 Å². The van der Waals surface area contributed by atoms with Gasteiger partial charge in [0.05, 0.1) is 0 Å². The topological polar surface area (TPSA) is 61.8 Å². The first-order valence-corrected chi connectivity index (χ1v) is 8.47. The summed E-state index contributed by atoms with van der Waals surface area (Å²) in [5, 5.41) is 12.2. The van der Waals surface area contributed by atoms with Crippen LogP contribution in [0.5, 0.6) is 0 Å². The second-order valence-electron chi connectivity index (χ2n) is 5.72. The summed E-state index contributed by atoms with van der Waals surface area (Å²) in [7, 11) is 0. The molecule has 2 rings (SSSR count). The number of hydrogen-bond acceptors (Lipinski definition) is 3. The Balaban J connectivity index is 2.21. The Morgan fingerprint density at radius 3 is 2.95 bits per heavy atom. The van der Waals surface area contributed by atoms with Gasteiger partial charge < -0.3 is 15.8 Å². The molecule has 1 aliphatic heterocycles. The molecule has 0 saturated carbocycles. The van der Waals surface area contributed by atoms with E-state index in [9.17, 15) is 0 Å². The Hall–Kier alpha value is -1.23. The zero-order chi connectivity index (χ0) is 15.2. The highest BCUT2D eigenvalue weighted by Crippen LogP contribution is 2.29. The van der Waals surface area contributed by atoms with Gasteiger partial charge in [0.25, 0.3) is 0 Å². The van der Waals surface area contributed by atoms with E-state index in [4.69, 9.17) is 10.9 Å². The van der Waals surface area contributed by atoms with Gasteiger partial charge in [-0.25, -0.2) is 0 Å². The number of oxime groups is 1. The summed E-state index contributed by atoms with van der Waals surface area (Å²) in [6.45, 7) is 4.33. The van der Waals surface area contributed by atoms with E-state index in [1.807, 2.05) is 12.1 Å². The molecule has 0 aromatic heterocycles. The maximum atomic E-state index is 9.00.